The average molecular weight is 312 g/mol. The lowest BCUT2D eigenvalue weighted by molar-refractivity contribution is -0.134. The Morgan fingerprint density at radius 2 is 2.00 bits per heavy atom. The van der Waals surface area contributed by atoms with Gasteiger partial charge in [0, 0.05) is 24.3 Å². The van der Waals surface area contributed by atoms with Crippen molar-refractivity contribution in [3.05, 3.63) is 0 Å². The molecule has 0 bridgehead atoms. The maximum atomic E-state index is 12.7. The maximum absolute atomic E-state index is 12.7. The zero-order chi connectivity index (χ0) is 15.3. The highest BCUT2D eigenvalue weighted by atomic mass is 32.2. The molecule has 1 unspecified atom stereocenters. The minimum Gasteiger partial charge on any atom is -0.344 e. The van der Waals surface area contributed by atoms with Gasteiger partial charge in [-0.1, -0.05) is 32.6 Å². The van der Waals surface area contributed by atoms with Crippen LogP contribution in [0.5, 0.6) is 0 Å². The first-order valence-corrected chi connectivity index (χ1v) is 9.46. The molecule has 1 aliphatic carbocycles. The Kier molecular flexibility index (Phi) is 5.97. The monoisotopic (exact) mass is 312 g/mol. The van der Waals surface area contributed by atoms with E-state index in [0.717, 1.165) is 19.4 Å². The van der Waals surface area contributed by atoms with Gasteiger partial charge in [0.1, 0.15) is 6.04 Å². The second kappa shape index (κ2) is 7.52. The van der Waals surface area contributed by atoms with Crippen molar-refractivity contribution < 1.29 is 9.59 Å². The quantitative estimate of drug-likeness (QED) is 0.849. The van der Waals surface area contributed by atoms with Gasteiger partial charge in [0.25, 0.3) is 0 Å². The van der Waals surface area contributed by atoms with E-state index in [2.05, 4.69) is 18.5 Å². The molecule has 1 saturated carbocycles. The molecule has 120 valence electrons. The zero-order valence-electron chi connectivity index (χ0n) is 13.3. The largest absolute Gasteiger partial charge is 0.344 e. The Morgan fingerprint density at radius 3 is 2.62 bits per heavy atom. The van der Waals surface area contributed by atoms with Crippen LogP contribution >= 0.6 is 11.8 Å². The summed E-state index contributed by atoms with van der Waals surface area (Å²) >= 11 is 1.91. The minimum absolute atomic E-state index is 0.0196. The van der Waals surface area contributed by atoms with Crippen LogP contribution in [0.15, 0.2) is 0 Å². The van der Waals surface area contributed by atoms with Gasteiger partial charge in [0.05, 0.1) is 0 Å². The number of hydrogen-bond acceptors (Lipinski definition) is 3. The summed E-state index contributed by atoms with van der Waals surface area (Å²) < 4.78 is 0.206. The van der Waals surface area contributed by atoms with E-state index in [-0.39, 0.29) is 22.6 Å². The fraction of sp³-hybridized carbons (Fsp3) is 0.875. The molecule has 2 rings (SSSR count). The lowest BCUT2D eigenvalue weighted by Gasteiger charge is -2.40. The van der Waals surface area contributed by atoms with Crippen molar-refractivity contribution in [2.24, 2.45) is 0 Å². The summed E-state index contributed by atoms with van der Waals surface area (Å²) in [5.74, 6) is 0.146. The fourth-order valence-electron chi connectivity index (χ4n) is 3.51. The summed E-state index contributed by atoms with van der Waals surface area (Å²) in [5.41, 5.74) is 0. The van der Waals surface area contributed by atoms with Crippen molar-refractivity contribution >= 4 is 23.6 Å². The van der Waals surface area contributed by atoms with Crippen LogP contribution in [0.1, 0.15) is 58.3 Å². The van der Waals surface area contributed by atoms with Crippen molar-refractivity contribution in [2.45, 2.75) is 69.1 Å². The van der Waals surface area contributed by atoms with Gasteiger partial charge in [-0.2, -0.15) is 11.8 Å². The third-order valence-electron chi connectivity index (χ3n) is 4.81. The van der Waals surface area contributed by atoms with Crippen LogP contribution in [0.2, 0.25) is 0 Å². The molecule has 1 saturated heterocycles. The second-order valence-electron chi connectivity index (χ2n) is 6.37. The zero-order valence-corrected chi connectivity index (χ0v) is 14.1. The third kappa shape index (κ3) is 4.15. The number of carbonyl (C=O) groups excluding carboxylic acids is 2. The summed E-state index contributed by atoms with van der Waals surface area (Å²) in [6.07, 6.45) is 10.5. The molecule has 4 nitrogen and oxygen atoms in total. The van der Waals surface area contributed by atoms with E-state index in [1.165, 1.54) is 32.1 Å². The molecule has 0 radical (unpaired) electrons. The molecule has 1 aliphatic heterocycles. The molecule has 5 heteroatoms. The summed E-state index contributed by atoms with van der Waals surface area (Å²) in [5, 5.41) is 2.89. The lowest BCUT2D eigenvalue weighted by Crippen LogP contribution is -2.49. The van der Waals surface area contributed by atoms with E-state index < -0.39 is 0 Å². The molecular weight excluding hydrogens is 284 g/mol. The third-order valence-corrected chi connectivity index (χ3v) is 6.21. The topological polar surface area (TPSA) is 49.4 Å². The predicted molar refractivity (Wildman–Crippen MR) is 87.4 cm³/mol. The molecule has 1 atom stereocenters. The van der Waals surface area contributed by atoms with Crippen LogP contribution in [-0.4, -0.2) is 46.8 Å². The van der Waals surface area contributed by atoms with Gasteiger partial charge in [-0.3, -0.25) is 9.59 Å². The van der Waals surface area contributed by atoms with Gasteiger partial charge in [0.15, 0.2) is 0 Å². The normalized spacial score (nSPS) is 26.4. The molecule has 0 spiro atoms. The van der Waals surface area contributed by atoms with Crippen LogP contribution < -0.4 is 5.32 Å². The Labute approximate surface area is 132 Å². The standard InChI is InChI=1S/C16H28N2O2S/c1-3-7-13-15(20)18(11-8-14(19)17-13)12-16(21-2)9-5-4-6-10-16/h13H,3-12H2,1-2H3,(H,17,19). The Hall–Kier alpha value is -0.710. The Balaban J connectivity index is 2.08. The number of rotatable bonds is 5. The van der Waals surface area contributed by atoms with Crippen LogP contribution in [0.25, 0.3) is 0 Å². The highest BCUT2D eigenvalue weighted by molar-refractivity contribution is 8.00. The summed E-state index contributed by atoms with van der Waals surface area (Å²) in [7, 11) is 0. The average Bonchev–Trinajstić information content (AvgIpc) is 2.62. The molecule has 1 N–H and O–H groups in total. The van der Waals surface area contributed by atoms with E-state index >= 15 is 0 Å². The van der Waals surface area contributed by atoms with Crippen molar-refractivity contribution in [3.63, 3.8) is 0 Å². The van der Waals surface area contributed by atoms with E-state index in [1.54, 1.807) is 0 Å². The molecule has 2 fully saturated rings. The minimum atomic E-state index is -0.313. The van der Waals surface area contributed by atoms with Gasteiger partial charge >= 0.3 is 0 Å². The maximum Gasteiger partial charge on any atom is 0.245 e. The van der Waals surface area contributed by atoms with Gasteiger partial charge in [-0.25, -0.2) is 0 Å². The van der Waals surface area contributed by atoms with Crippen molar-refractivity contribution in [1.29, 1.82) is 0 Å². The van der Waals surface area contributed by atoms with Gasteiger partial charge < -0.3 is 10.2 Å². The van der Waals surface area contributed by atoms with Crippen molar-refractivity contribution in [3.8, 4) is 0 Å². The molecule has 21 heavy (non-hydrogen) atoms. The molecule has 2 aliphatic rings. The highest BCUT2D eigenvalue weighted by Gasteiger charge is 2.37. The van der Waals surface area contributed by atoms with Gasteiger partial charge in [0.2, 0.25) is 11.8 Å². The Bertz CT molecular complexity index is 380. The summed E-state index contributed by atoms with van der Waals surface area (Å²) in [6.45, 7) is 3.44. The van der Waals surface area contributed by atoms with Crippen LogP contribution in [0.3, 0.4) is 0 Å². The number of amides is 2. The van der Waals surface area contributed by atoms with E-state index in [9.17, 15) is 9.59 Å². The fourth-order valence-corrected chi connectivity index (χ4v) is 4.49. The first-order chi connectivity index (χ1) is 10.1. The van der Waals surface area contributed by atoms with Crippen LogP contribution in [-0.2, 0) is 9.59 Å². The Morgan fingerprint density at radius 1 is 1.29 bits per heavy atom. The van der Waals surface area contributed by atoms with Gasteiger partial charge in [-0.05, 0) is 25.5 Å². The summed E-state index contributed by atoms with van der Waals surface area (Å²) in [6, 6.07) is -0.313. The molecule has 0 aromatic heterocycles. The van der Waals surface area contributed by atoms with Crippen molar-refractivity contribution in [2.75, 3.05) is 19.3 Å². The number of nitrogens with zero attached hydrogens (tertiary/aromatic N) is 1. The van der Waals surface area contributed by atoms with E-state index in [0.29, 0.717) is 13.0 Å². The van der Waals surface area contributed by atoms with Crippen molar-refractivity contribution in [1.82, 2.24) is 10.2 Å². The molecule has 2 amide bonds. The second-order valence-corrected chi connectivity index (χ2v) is 7.64. The smallest absolute Gasteiger partial charge is 0.245 e. The lowest BCUT2D eigenvalue weighted by atomic mass is 9.87. The number of hydrogen-bond donors (Lipinski definition) is 1. The van der Waals surface area contributed by atoms with Crippen LogP contribution in [0.4, 0.5) is 0 Å². The first kappa shape index (κ1) is 16.7. The predicted octanol–water partition coefficient (Wildman–Crippen LogP) is 2.57. The van der Waals surface area contributed by atoms with E-state index in [4.69, 9.17) is 0 Å². The van der Waals surface area contributed by atoms with E-state index in [1.807, 2.05) is 16.7 Å². The highest BCUT2D eigenvalue weighted by Crippen LogP contribution is 2.39. The number of carbonyl (C=O) groups is 2. The first-order valence-electron chi connectivity index (χ1n) is 8.23. The SMILES string of the molecule is CCCC1NC(=O)CCN(CC2(SC)CCCCC2)C1=O. The molecule has 0 aromatic carbocycles. The number of nitrogens with one attached hydrogen (secondary N) is 1. The molecule has 1 heterocycles. The molecule has 0 aromatic rings. The molecular formula is C16H28N2O2S. The van der Waals surface area contributed by atoms with Crippen LogP contribution in [0, 0.1) is 0 Å². The summed E-state index contributed by atoms with van der Waals surface area (Å²) in [4.78, 5) is 26.5. The number of thioether (sulfide) groups is 1. The van der Waals surface area contributed by atoms with Gasteiger partial charge in [-0.15, -0.1) is 0 Å².